The van der Waals surface area contributed by atoms with E-state index in [2.05, 4.69) is 4.99 Å². The number of rotatable bonds is 2. The van der Waals surface area contributed by atoms with Crippen LogP contribution in [0.1, 0.15) is 24.8 Å². The molecule has 0 amide bonds. The van der Waals surface area contributed by atoms with Crippen molar-refractivity contribution < 1.29 is 17.9 Å². The van der Waals surface area contributed by atoms with E-state index in [9.17, 15) is 13.2 Å². The molecule has 2 fully saturated rings. The van der Waals surface area contributed by atoms with Crippen LogP contribution in [0.3, 0.4) is 0 Å². The summed E-state index contributed by atoms with van der Waals surface area (Å²) >= 11 is 0. The quantitative estimate of drug-likeness (QED) is 0.333. The Morgan fingerprint density at radius 1 is 1.30 bits per heavy atom. The van der Waals surface area contributed by atoms with Crippen molar-refractivity contribution in [2.75, 3.05) is 19.7 Å². The SMILES string of the molecule is CC1CN(C(N)=N[C@@H]2C[C@H]2c2cc(F)c(F)c(F)c2)CCO1.I. The molecule has 1 saturated carbocycles. The second-order valence-electron chi connectivity index (χ2n) is 5.82. The van der Waals surface area contributed by atoms with E-state index >= 15 is 0 Å². The van der Waals surface area contributed by atoms with E-state index in [4.69, 9.17) is 10.5 Å². The van der Waals surface area contributed by atoms with Crippen molar-refractivity contribution in [3.8, 4) is 0 Å². The molecule has 1 heterocycles. The summed E-state index contributed by atoms with van der Waals surface area (Å²) < 4.78 is 44.9. The van der Waals surface area contributed by atoms with Gasteiger partial charge in [0.15, 0.2) is 23.4 Å². The summed E-state index contributed by atoms with van der Waals surface area (Å²) in [4.78, 5) is 6.35. The summed E-state index contributed by atoms with van der Waals surface area (Å²) in [5.41, 5.74) is 6.41. The number of aliphatic imine (C=N–C) groups is 1. The smallest absolute Gasteiger partial charge is 0.194 e. The van der Waals surface area contributed by atoms with Crippen LogP contribution < -0.4 is 5.73 Å². The lowest BCUT2D eigenvalue weighted by Gasteiger charge is -2.31. The van der Waals surface area contributed by atoms with E-state index in [0.717, 1.165) is 12.1 Å². The molecule has 0 spiro atoms. The van der Waals surface area contributed by atoms with Crippen LogP contribution in [-0.4, -0.2) is 42.7 Å². The van der Waals surface area contributed by atoms with Crippen LogP contribution in [0.25, 0.3) is 0 Å². The number of guanidine groups is 1. The lowest BCUT2D eigenvalue weighted by molar-refractivity contribution is 0.00528. The lowest BCUT2D eigenvalue weighted by Crippen LogP contribution is -2.48. The molecular weight excluding hydrogens is 422 g/mol. The van der Waals surface area contributed by atoms with E-state index in [1.807, 2.05) is 11.8 Å². The molecule has 1 aromatic rings. The van der Waals surface area contributed by atoms with Gasteiger partial charge < -0.3 is 15.4 Å². The average Bonchev–Trinajstić information content (AvgIpc) is 3.23. The van der Waals surface area contributed by atoms with Crippen LogP contribution in [-0.2, 0) is 4.74 Å². The van der Waals surface area contributed by atoms with Gasteiger partial charge in [0.25, 0.3) is 0 Å². The van der Waals surface area contributed by atoms with Crippen molar-refractivity contribution >= 4 is 29.9 Å². The fraction of sp³-hybridized carbons (Fsp3) is 0.533. The van der Waals surface area contributed by atoms with Crippen molar-refractivity contribution in [2.45, 2.75) is 31.4 Å². The fourth-order valence-electron chi connectivity index (χ4n) is 2.75. The van der Waals surface area contributed by atoms with Gasteiger partial charge in [0.2, 0.25) is 0 Å². The Kier molecular flexibility index (Phi) is 5.77. The Labute approximate surface area is 149 Å². The number of nitrogens with two attached hydrogens (primary N) is 1. The second-order valence-corrected chi connectivity index (χ2v) is 5.82. The first-order valence-corrected chi connectivity index (χ1v) is 7.30. The van der Waals surface area contributed by atoms with Gasteiger partial charge in [-0.05, 0) is 31.0 Å². The predicted molar refractivity (Wildman–Crippen MR) is 91.5 cm³/mol. The molecule has 1 aromatic carbocycles. The predicted octanol–water partition coefficient (Wildman–Crippen LogP) is 2.61. The molecule has 128 valence electrons. The third-order valence-corrected chi connectivity index (χ3v) is 4.05. The molecule has 0 radical (unpaired) electrons. The standard InChI is InChI=1S/C15H18F3N3O.HI/c1-8-7-21(2-3-22-8)15(19)20-13-6-10(13)9-4-11(16)14(18)12(17)5-9;/h4-5,8,10,13H,2-3,6-7H2,1H3,(H2,19,20);1H/t8?,10-,13+;/m0./s1. The van der Waals surface area contributed by atoms with E-state index < -0.39 is 17.5 Å². The Balaban J connectivity index is 0.00000192. The molecule has 0 bridgehead atoms. The highest BCUT2D eigenvalue weighted by Gasteiger charge is 2.40. The molecular formula is C15H19F3IN3O. The molecule has 3 atom stereocenters. The highest BCUT2D eigenvalue weighted by molar-refractivity contribution is 14.0. The van der Waals surface area contributed by atoms with Crippen LogP contribution in [0.2, 0.25) is 0 Å². The topological polar surface area (TPSA) is 50.8 Å². The largest absolute Gasteiger partial charge is 0.375 e. The molecule has 3 rings (SSSR count). The fourth-order valence-corrected chi connectivity index (χ4v) is 2.75. The lowest BCUT2D eigenvalue weighted by atomic mass is 10.1. The number of benzene rings is 1. The zero-order valence-corrected chi connectivity index (χ0v) is 15.0. The maximum atomic E-state index is 13.3. The van der Waals surface area contributed by atoms with Gasteiger partial charge in [-0.15, -0.1) is 24.0 Å². The van der Waals surface area contributed by atoms with Gasteiger partial charge >= 0.3 is 0 Å². The molecule has 23 heavy (non-hydrogen) atoms. The summed E-state index contributed by atoms with van der Waals surface area (Å²) in [6.45, 7) is 3.91. The Hall–Kier alpha value is -1.03. The van der Waals surface area contributed by atoms with Crippen molar-refractivity contribution in [1.29, 1.82) is 0 Å². The maximum absolute atomic E-state index is 13.3. The van der Waals surface area contributed by atoms with Gasteiger partial charge in [-0.1, -0.05) is 0 Å². The Bertz CT molecular complexity index is 591. The second kappa shape index (κ2) is 7.25. The van der Waals surface area contributed by atoms with Crippen LogP contribution in [0.5, 0.6) is 0 Å². The molecule has 1 aliphatic heterocycles. The number of morpholine rings is 1. The summed E-state index contributed by atoms with van der Waals surface area (Å²) in [6, 6.07) is 1.96. The molecule has 4 nitrogen and oxygen atoms in total. The van der Waals surface area contributed by atoms with Crippen molar-refractivity contribution in [3.63, 3.8) is 0 Å². The van der Waals surface area contributed by atoms with Gasteiger partial charge in [-0.3, -0.25) is 0 Å². The van der Waals surface area contributed by atoms with Gasteiger partial charge in [-0.2, -0.15) is 0 Å². The number of halogens is 4. The number of hydrogen-bond acceptors (Lipinski definition) is 2. The zero-order chi connectivity index (χ0) is 15.9. The Morgan fingerprint density at radius 3 is 2.57 bits per heavy atom. The van der Waals surface area contributed by atoms with Crippen LogP contribution in [0, 0.1) is 17.5 Å². The van der Waals surface area contributed by atoms with Crippen molar-refractivity contribution in [2.24, 2.45) is 10.7 Å². The minimum absolute atomic E-state index is 0. The molecule has 1 saturated heterocycles. The van der Waals surface area contributed by atoms with E-state index in [1.54, 1.807) is 0 Å². The summed E-state index contributed by atoms with van der Waals surface area (Å²) in [5.74, 6) is -3.46. The number of nitrogens with zero attached hydrogens (tertiary/aromatic N) is 2. The molecule has 1 aliphatic carbocycles. The third kappa shape index (κ3) is 4.09. The molecule has 1 unspecified atom stereocenters. The minimum atomic E-state index is -1.44. The highest BCUT2D eigenvalue weighted by atomic mass is 127. The zero-order valence-electron chi connectivity index (χ0n) is 12.6. The number of hydrogen-bond donors (Lipinski definition) is 1. The van der Waals surface area contributed by atoms with Gasteiger partial charge in [0.05, 0.1) is 18.8 Å². The van der Waals surface area contributed by atoms with Gasteiger partial charge in [-0.25, -0.2) is 18.2 Å². The highest BCUT2D eigenvalue weighted by Crippen LogP contribution is 2.44. The summed E-state index contributed by atoms with van der Waals surface area (Å²) in [6.07, 6.45) is 0.753. The first kappa shape index (κ1) is 18.3. The monoisotopic (exact) mass is 441 g/mol. The third-order valence-electron chi connectivity index (χ3n) is 4.05. The van der Waals surface area contributed by atoms with Crippen molar-refractivity contribution in [3.05, 3.63) is 35.1 Å². The van der Waals surface area contributed by atoms with E-state index in [1.165, 1.54) is 0 Å². The van der Waals surface area contributed by atoms with E-state index in [0.29, 0.717) is 37.6 Å². The first-order chi connectivity index (χ1) is 10.5. The van der Waals surface area contributed by atoms with Gasteiger partial charge in [0.1, 0.15) is 0 Å². The van der Waals surface area contributed by atoms with Crippen LogP contribution in [0.15, 0.2) is 17.1 Å². The minimum Gasteiger partial charge on any atom is -0.375 e. The molecule has 2 N–H and O–H groups in total. The van der Waals surface area contributed by atoms with Crippen LogP contribution in [0.4, 0.5) is 13.2 Å². The Morgan fingerprint density at radius 2 is 1.96 bits per heavy atom. The molecule has 2 aliphatic rings. The average molecular weight is 441 g/mol. The molecule has 0 aromatic heterocycles. The maximum Gasteiger partial charge on any atom is 0.194 e. The van der Waals surface area contributed by atoms with Crippen molar-refractivity contribution in [1.82, 2.24) is 4.90 Å². The van der Waals surface area contributed by atoms with Gasteiger partial charge in [0, 0.05) is 19.0 Å². The first-order valence-electron chi connectivity index (χ1n) is 7.30. The summed E-state index contributed by atoms with van der Waals surface area (Å²) in [5, 5.41) is 0. The summed E-state index contributed by atoms with van der Waals surface area (Å²) in [7, 11) is 0. The molecule has 8 heteroatoms. The number of ether oxygens (including phenoxy) is 1. The normalized spacial score (nSPS) is 27.6. The van der Waals surface area contributed by atoms with E-state index in [-0.39, 0.29) is 42.0 Å². The van der Waals surface area contributed by atoms with Crippen LogP contribution >= 0.6 is 24.0 Å².